The highest BCUT2D eigenvalue weighted by molar-refractivity contribution is 5.91. The van der Waals surface area contributed by atoms with E-state index in [2.05, 4.69) is 0 Å². The third-order valence-corrected chi connectivity index (χ3v) is 3.80. The van der Waals surface area contributed by atoms with Gasteiger partial charge in [-0.2, -0.15) is 0 Å². The highest BCUT2D eigenvalue weighted by Gasteiger charge is 2.36. The SMILES string of the molecule is COc1c(O)c2c(c(OC)c1O)OC(c1ccccc1)C(=O)C2. The number of hydrogen-bond acceptors (Lipinski definition) is 6. The number of hydrogen-bond donors (Lipinski definition) is 2. The summed E-state index contributed by atoms with van der Waals surface area (Å²) < 4.78 is 15.9. The largest absolute Gasteiger partial charge is 0.504 e. The van der Waals surface area contributed by atoms with Crippen LogP contribution >= 0.6 is 0 Å². The van der Waals surface area contributed by atoms with Gasteiger partial charge in [0.05, 0.1) is 19.8 Å². The monoisotopic (exact) mass is 316 g/mol. The minimum Gasteiger partial charge on any atom is -0.504 e. The normalized spacial score (nSPS) is 16.4. The molecular formula is C17H16O6. The third-order valence-electron chi connectivity index (χ3n) is 3.80. The van der Waals surface area contributed by atoms with Gasteiger partial charge in [-0.25, -0.2) is 0 Å². The first kappa shape index (κ1) is 15.0. The van der Waals surface area contributed by atoms with Gasteiger partial charge in [0.15, 0.2) is 23.4 Å². The Bertz CT molecular complexity index is 754. The van der Waals surface area contributed by atoms with Gasteiger partial charge >= 0.3 is 0 Å². The fourth-order valence-corrected chi connectivity index (χ4v) is 2.71. The van der Waals surface area contributed by atoms with E-state index in [0.717, 1.165) is 0 Å². The Kier molecular flexibility index (Phi) is 3.73. The van der Waals surface area contributed by atoms with Gasteiger partial charge in [-0.1, -0.05) is 30.3 Å². The predicted octanol–water partition coefficient (Wildman–Crippen LogP) is 2.36. The van der Waals surface area contributed by atoms with Crippen LogP contribution in [-0.4, -0.2) is 30.2 Å². The molecule has 0 aliphatic carbocycles. The van der Waals surface area contributed by atoms with E-state index in [1.807, 2.05) is 18.2 Å². The molecule has 0 radical (unpaired) electrons. The fourth-order valence-electron chi connectivity index (χ4n) is 2.71. The number of ketones is 1. The molecule has 0 bridgehead atoms. The summed E-state index contributed by atoms with van der Waals surface area (Å²) in [6.07, 6.45) is -0.863. The molecule has 2 aromatic rings. The lowest BCUT2D eigenvalue weighted by Gasteiger charge is -2.28. The number of phenolic OH excluding ortho intramolecular Hbond substituents is 2. The van der Waals surface area contributed by atoms with E-state index in [1.165, 1.54) is 14.2 Å². The zero-order valence-corrected chi connectivity index (χ0v) is 12.7. The zero-order chi connectivity index (χ0) is 16.6. The van der Waals surface area contributed by atoms with E-state index in [-0.39, 0.29) is 46.5 Å². The minimum absolute atomic E-state index is 0.0306. The number of Topliss-reactive ketones (excluding diaryl/α,β-unsaturated/α-hetero) is 1. The molecular weight excluding hydrogens is 300 g/mol. The molecule has 0 spiro atoms. The summed E-state index contributed by atoms with van der Waals surface area (Å²) in [6.45, 7) is 0. The molecule has 3 rings (SSSR count). The quantitative estimate of drug-likeness (QED) is 0.904. The number of benzene rings is 2. The van der Waals surface area contributed by atoms with Crippen molar-refractivity contribution >= 4 is 5.78 Å². The van der Waals surface area contributed by atoms with Crippen LogP contribution in [0.1, 0.15) is 17.2 Å². The first-order chi connectivity index (χ1) is 11.1. The molecule has 23 heavy (non-hydrogen) atoms. The molecule has 2 N–H and O–H groups in total. The van der Waals surface area contributed by atoms with Crippen molar-refractivity contribution in [2.24, 2.45) is 0 Å². The Morgan fingerprint density at radius 3 is 2.30 bits per heavy atom. The highest BCUT2D eigenvalue weighted by atomic mass is 16.5. The van der Waals surface area contributed by atoms with Crippen molar-refractivity contribution in [2.75, 3.05) is 14.2 Å². The number of carbonyl (C=O) groups is 1. The van der Waals surface area contributed by atoms with Crippen molar-refractivity contribution < 1.29 is 29.2 Å². The molecule has 1 aliphatic rings. The van der Waals surface area contributed by atoms with E-state index in [1.54, 1.807) is 12.1 Å². The third kappa shape index (κ3) is 2.32. The lowest BCUT2D eigenvalue weighted by molar-refractivity contribution is -0.126. The van der Waals surface area contributed by atoms with E-state index in [4.69, 9.17) is 14.2 Å². The number of phenols is 2. The molecule has 0 saturated carbocycles. The molecule has 0 aromatic heterocycles. The Morgan fingerprint density at radius 2 is 1.70 bits per heavy atom. The van der Waals surface area contributed by atoms with Crippen LogP contribution in [-0.2, 0) is 11.2 Å². The smallest absolute Gasteiger partial charge is 0.208 e. The van der Waals surface area contributed by atoms with E-state index in [0.29, 0.717) is 5.56 Å². The maximum Gasteiger partial charge on any atom is 0.208 e. The van der Waals surface area contributed by atoms with Gasteiger partial charge in [-0.15, -0.1) is 0 Å². The summed E-state index contributed by atoms with van der Waals surface area (Å²) in [6, 6.07) is 9.02. The first-order valence-electron chi connectivity index (χ1n) is 7.01. The summed E-state index contributed by atoms with van der Waals surface area (Å²) >= 11 is 0. The molecule has 0 saturated heterocycles. The second-order valence-electron chi connectivity index (χ2n) is 5.12. The summed E-state index contributed by atoms with van der Waals surface area (Å²) in [4.78, 5) is 12.4. The van der Waals surface area contributed by atoms with Crippen LogP contribution in [0.5, 0.6) is 28.7 Å². The van der Waals surface area contributed by atoms with Gasteiger partial charge < -0.3 is 24.4 Å². The maximum absolute atomic E-state index is 12.4. The van der Waals surface area contributed by atoms with Crippen LogP contribution in [0, 0.1) is 0 Å². The van der Waals surface area contributed by atoms with Gasteiger partial charge in [0.2, 0.25) is 17.2 Å². The number of aromatic hydroxyl groups is 2. The molecule has 6 nitrogen and oxygen atoms in total. The summed E-state index contributed by atoms with van der Waals surface area (Å²) in [5, 5.41) is 20.4. The fraction of sp³-hybridized carbons (Fsp3) is 0.235. The van der Waals surface area contributed by atoms with Crippen molar-refractivity contribution in [3.63, 3.8) is 0 Å². The lowest BCUT2D eigenvalue weighted by Crippen LogP contribution is -2.26. The first-order valence-corrected chi connectivity index (χ1v) is 7.01. The van der Waals surface area contributed by atoms with Crippen LogP contribution in [0.25, 0.3) is 0 Å². The summed E-state index contributed by atoms with van der Waals surface area (Å²) in [5.41, 5.74) is 0.939. The Morgan fingerprint density at radius 1 is 1.04 bits per heavy atom. The summed E-state index contributed by atoms with van der Waals surface area (Å²) in [5.74, 6) is -0.850. The Labute approximate surface area is 132 Å². The van der Waals surface area contributed by atoms with Crippen molar-refractivity contribution in [1.29, 1.82) is 0 Å². The zero-order valence-electron chi connectivity index (χ0n) is 12.7. The van der Waals surface area contributed by atoms with Gasteiger partial charge in [0.1, 0.15) is 0 Å². The van der Waals surface area contributed by atoms with Crippen LogP contribution in [0.4, 0.5) is 0 Å². The average Bonchev–Trinajstić information content (AvgIpc) is 2.57. The number of ether oxygens (including phenoxy) is 3. The highest BCUT2D eigenvalue weighted by Crippen LogP contribution is 2.55. The van der Waals surface area contributed by atoms with Crippen LogP contribution in [0.3, 0.4) is 0 Å². The van der Waals surface area contributed by atoms with Crippen LogP contribution < -0.4 is 14.2 Å². The average molecular weight is 316 g/mol. The molecule has 0 amide bonds. The maximum atomic E-state index is 12.4. The topological polar surface area (TPSA) is 85.2 Å². The number of methoxy groups -OCH3 is 2. The number of carbonyl (C=O) groups excluding carboxylic acids is 1. The second kappa shape index (κ2) is 5.72. The lowest BCUT2D eigenvalue weighted by atomic mass is 9.94. The molecule has 1 heterocycles. The Balaban J connectivity index is 2.15. The number of fused-ring (bicyclic) bond motifs is 1. The van der Waals surface area contributed by atoms with Gasteiger partial charge in [-0.05, 0) is 5.56 Å². The predicted molar refractivity (Wildman–Crippen MR) is 81.4 cm³/mol. The minimum atomic E-state index is -0.815. The van der Waals surface area contributed by atoms with E-state index < -0.39 is 6.10 Å². The standard InChI is InChI=1S/C17H16O6/c1-21-16-12(19)10-8-11(18)14(9-6-4-3-5-7-9)23-15(10)17(22-2)13(16)20/h3-7,14,19-20H,8H2,1-2H3. The molecule has 2 aromatic carbocycles. The molecule has 1 atom stereocenters. The Hall–Kier alpha value is -2.89. The van der Waals surface area contributed by atoms with Crippen LogP contribution in [0.15, 0.2) is 30.3 Å². The van der Waals surface area contributed by atoms with Gasteiger partial charge in [0, 0.05) is 6.42 Å². The van der Waals surface area contributed by atoms with Crippen molar-refractivity contribution in [2.45, 2.75) is 12.5 Å². The summed E-state index contributed by atoms with van der Waals surface area (Å²) in [7, 11) is 2.67. The van der Waals surface area contributed by atoms with E-state index in [9.17, 15) is 15.0 Å². The van der Waals surface area contributed by atoms with Crippen LogP contribution in [0.2, 0.25) is 0 Å². The molecule has 1 unspecified atom stereocenters. The van der Waals surface area contributed by atoms with E-state index >= 15 is 0 Å². The van der Waals surface area contributed by atoms with Crippen molar-refractivity contribution in [1.82, 2.24) is 0 Å². The second-order valence-corrected chi connectivity index (χ2v) is 5.12. The van der Waals surface area contributed by atoms with Gasteiger partial charge in [0.25, 0.3) is 0 Å². The molecule has 120 valence electrons. The van der Waals surface area contributed by atoms with Crippen molar-refractivity contribution in [3.05, 3.63) is 41.5 Å². The molecule has 6 heteroatoms. The number of rotatable bonds is 3. The molecule has 1 aliphatic heterocycles. The van der Waals surface area contributed by atoms with Gasteiger partial charge in [-0.3, -0.25) is 4.79 Å². The molecule has 0 fully saturated rings. The van der Waals surface area contributed by atoms with Crippen molar-refractivity contribution in [3.8, 4) is 28.7 Å².